The maximum Gasteiger partial charge on any atom is 0.261 e. The van der Waals surface area contributed by atoms with Crippen molar-refractivity contribution in [2.75, 3.05) is 13.1 Å². The lowest BCUT2D eigenvalue weighted by Gasteiger charge is -2.18. The number of amides is 2. The van der Waals surface area contributed by atoms with Crippen LogP contribution >= 0.6 is 0 Å². The average Bonchev–Trinajstić information content (AvgIpc) is 2.86. The summed E-state index contributed by atoms with van der Waals surface area (Å²) in [6.07, 6.45) is 0. The van der Waals surface area contributed by atoms with Gasteiger partial charge in [0.15, 0.2) is 0 Å². The van der Waals surface area contributed by atoms with Gasteiger partial charge >= 0.3 is 0 Å². The van der Waals surface area contributed by atoms with Crippen molar-refractivity contribution in [3.63, 3.8) is 0 Å². The minimum absolute atomic E-state index is 0.203. The van der Waals surface area contributed by atoms with Crippen LogP contribution in [-0.2, 0) is 0 Å². The molecule has 0 fully saturated rings. The Kier molecular flexibility index (Phi) is 4.59. The van der Waals surface area contributed by atoms with Crippen molar-refractivity contribution >= 4 is 11.8 Å². The fourth-order valence-electron chi connectivity index (χ4n) is 2.89. The van der Waals surface area contributed by atoms with Gasteiger partial charge in [-0.1, -0.05) is 18.2 Å². The van der Waals surface area contributed by atoms with E-state index in [0.29, 0.717) is 23.2 Å². The summed E-state index contributed by atoms with van der Waals surface area (Å²) in [4.78, 5) is 25.7. The van der Waals surface area contributed by atoms with Gasteiger partial charge in [-0.2, -0.15) is 5.26 Å². The van der Waals surface area contributed by atoms with E-state index in [2.05, 4.69) is 5.32 Å². The number of hydrogen-bond donors (Lipinski definition) is 1. The molecule has 6 heteroatoms. The fraction of sp³-hybridized carbons (Fsp3) is 0.211. The largest absolute Gasteiger partial charge is 0.308 e. The fourth-order valence-corrected chi connectivity index (χ4v) is 2.89. The molecule has 1 aliphatic rings. The zero-order valence-electron chi connectivity index (χ0n) is 13.6. The molecule has 1 aliphatic heterocycles. The summed E-state index contributed by atoms with van der Waals surface area (Å²) in [6, 6.07) is 12.6. The van der Waals surface area contributed by atoms with Gasteiger partial charge in [0.2, 0.25) is 0 Å². The van der Waals surface area contributed by atoms with Gasteiger partial charge in [-0.25, -0.2) is 4.39 Å². The number of nitrogens with one attached hydrogen (secondary N) is 1. The molecule has 1 N–H and O–H groups in total. The van der Waals surface area contributed by atoms with Crippen molar-refractivity contribution in [3.8, 4) is 6.07 Å². The maximum absolute atomic E-state index is 14.0. The van der Waals surface area contributed by atoms with E-state index < -0.39 is 5.82 Å². The SMILES string of the molecule is C[C@@H](NCCN1C(=O)c2ccccc2C1=O)c1ccc(C#N)cc1F. The first-order chi connectivity index (χ1) is 12.0. The van der Waals surface area contributed by atoms with E-state index >= 15 is 0 Å². The van der Waals surface area contributed by atoms with E-state index in [1.54, 1.807) is 43.3 Å². The van der Waals surface area contributed by atoms with Gasteiger partial charge in [-0.05, 0) is 31.2 Å². The molecule has 0 bridgehead atoms. The number of benzene rings is 2. The van der Waals surface area contributed by atoms with Crippen LogP contribution < -0.4 is 5.32 Å². The number of carbonyl (C=O) groups excluding carboxylic acids is 2. The maximum atomic E-state index is 14.0. The molecule has 25 heavy (non-hydrogen) atoms. The second-order valence-electron chi connectivity index (χ2n) is 5.83. The highest BCUT2D eigenvalue weighted by Gasteiger charge is 2.34. The lowest BCUT2D eigenvalue weighted by molar-refractivity contribution is 0.0654. The molecule has 5 nitrogen and oxygen atoms in total. The van der Waals surface area contributed by atoms with Crippen molar-refractivity contribution in [2.45, 2.75) is 13.0 Å². The van der Waals surface area contributed by atoms with Crippen LogP contribution in [0.2, 0.25) is 0 Å². The quantitative estimate of drug-likeness (QED) is 0.851. The normalized spacial score (nSPS) is 14.4. The first kappa shape index (κ1) is 16.8. The number of hydrogen-bond acceptors (Lipinski definition) is 4. The molecule has 0 unspecified atom stereocenters. The molecule has 126 valence electrons. The van der Waals surface area contributed by atoms with Crippen molar-refractivity contribution in [1.29, 1.82) is 5.26 Å². The van der Waals surface area contributed by atoms with Gasteiger partial charge in [0.1, 0.15) is 5.82 Å². The highest BCUT2D eigenvalue weighted by molar-refractivity contribution is 6.21. The van der Waals surface area contributed by atoms with Crippen molar-refractivity contribution in [2.24, 2.45) is 0 Å². The van der Waals surface area contributed by atoms with Crippen LogP contribution in [0.3, 0.4) is 0 Å². The Morgan fingerprint density at radius 2 is 1.80 bits per heavy atom. The van der Waals surface area contributed by atoms with Crippen LogP contribution in [0, 0.1) is 17.1 Å². The number of nitriles is 1. The lowest BCUT2D eigenvalue weighted by atomic mass is 10.1. The van der Waals surface area contributed by atoms with Gasteiger partial charge in [0.25, 0.3) is 11.8 Å². The van der Waals surface area contributed by atoms with E-state index in [4.69, 9.17) is 5.26 Å². The van der Waals surface area contributed by atoms with E-state index in [9.17, 15) is 14.0 Å². The van der Waals surface area contributed by atoms with Crippen LogP contribution in [0.4, 0.5) is 4.39 Å². The molecule has 0 saturated carbocycles. The molecule has 0 spiro atoms. The summed E-state index contributed by atoms with van der Waals surface area (Å²) in [6.45, 7) is 2.33. The number of halogens is 1. The lowest BCUT2D eigenvalue weighted by Crippen LogP contribution is -2.37. The molecule has 0 saturated heterocycles. The highest BCUT2D eigenvalue weighted by Crippen LogP contribution is 2.22. The zero-order valence-corrected chi connectivity index (χ0v) is 13.6. The molecular formula is C19H16FN3O2. The van der Waals surface area contributed by atoms with Crippen LogP contribution in [0.5, 0.6) is 0 Å². The highest BCUT2D eigenvalue weighted by atomic mass is 19.1. The van der Waals surface area contributed by atoms with Gasteiger partial charge in [0, 0.05) is 24.7 Å². The summed E-state index contributed by atoms with van der Waals surface area (Å²) in [5, 5.41) is 11.9. The molecule has 2 aromatic rings. The van der Waals surface area contributed by atoms with Gasteiger partial charge in [0.05, 0.1) is 22.8 Å². The predicted molar refractivity (Wildman–Crippen MR) is 89.3 cm³/mol. The van der Waals surface area contributed by atoms with Gasteiger partial charge < -0.3 is 5.32 Å². The summed E-state index contributed by atoms with van der Waals surface area (Å²) in [5.74, 6) is -1.07. The first-order valence-corrected chi connectivity index (χ1v) is 7.91. The Bertz CT molecular complexity index is 853. The summed E-state index contributed by atoms with van der Waals surface area (Å²) in [7, 11) is 0. The zero-order chi connectivity index (χ0) is 18.0. The van der Waals surface area contributed by atoms with E-state index in [-0.39, 0.29) is 30.0 Å². The predicted octanol–water partition coefficient (Wildman–Crippen LogP) is 2.64. The van der Waals surface area contributed by atoms with Gasteiger partial charge in [-0.15, -0.1) is 0 Å². The van der Waals surface area contributed by atoms with Crippen LogP contribution in [-0.4, -0.2) is 29.8 Å². The van der Waals surface area contributed by atoms with E-state index in [1.807, 2.05) is 6.07 Å². The first-order valence-electron chi connectivity index (χ1n) is 7.91. The minimum Gasteiger partial charge on any atom is -0.308 e. The summed E-state index contributed by atoms with van der Waals surface area (Å²) < 4.78 is 14.0. The molecular weight excluding hydrogens is 321 g/mol. The molecule has 0 aliphatic carbocycles. The standard InChI is InChI=1S/C19H16FN3O2/c1-12(14-7-6-13(11-21)10-17(14)20)22-8-9-23-18(24)15-4-2-3-5-16(15)19(23)25/h2-7,10,12,22H,8-9H2,1H3/t12-/m1/s1. The smallest absolute Gasteiger partial charge is 0.261 e. The Morgan fingerprint density at radius 1 is 1.16 bits per heavy atom. The number of imide groups is 1. The third-order valence-electron chi connectivity index (χ3n) is 4.26. The number of nitrogens with zero attached hydrogens (tertiary/aromatic N) is 2. The topological polar surface area (TPSA) is 73.2 Å². The molecule has 2 aromatic carbocycles. The molecule has 0 aromatic heterocycles. The average molecular weight is 337 g/mol. The molecule has 0 radical (unpaired) electrons. The van der Waals surface area contributed by atoms with Crippen LogP contribution in [0.25, 0.3) is 0 Å². The second-order valence-corrected chi connectivity index (χ2v) is 5.83. The second kappa shape index (κ2) is 6.83. The monoisotopic (exact) mass is 337 g/mol. The molecule has 3 rings (SSSR count). The van der Waals surface area contributed by atoms with Crippen LogP contribution in [0.1, 0.15) is 44.8 Å². The third-order valence-corrected chi connectivity index (χ3v) is 4.26. The molecule has 1 heterocycles. The van der Waals surface area contributed by atoms with Crippen molar-refractivity contribution in [3.05, 3.63) is 70.5 Å². The minimum atomic E-state index is -0.459. The summed E-state index contributed by atoms with van der Waals surface area (Å²) in [5.41, 5.74) is 1.53. The molecule has 1 atom stereocenters. The number of carbonyl (C=O) groups is 2. The Morgan fingerprint density at radius 3 is 2.36 bits per heavy atom. The van der Waals surface area contributed by atoms with E-state index in [1.165, 1.54) is 11.0 Å². The molecule has 2 amide bonds. The van der Waals surface area contributed by atoms with Gasteiger partial charge in [-0.3, -0.25) is 14.5 Å². The number of rotatable bonds is 5. The van der Waals surface area contributed by atoms with Crippen molar-refractivity contribution in [1.82, 2.24) is 10.2 Å². The Labute approximate surface area is 144 Å². The Balaban J connectivity index is 1.61. The number of fused-ring (bicyclic) bond motifs is 1. The van der Waals surface area contributed by atoms with E-state index in [0.717, 1.165) is 0 Å². The third kappa shape index (κ3) is 3.14. The van der Waals surface area contributed by atoms with Crippen LogP contribution in [0.15, 0.2) is 42.5 Å². The van der Waals surface area contributed by atoms with Crippen molar-refractivity contribution < 1.29 is 14.0 Å². The summed E-state index contributed by atoms with van der Waals surface area (Å²) >= 11 is 0. The Hall–Kier alpha value is -3.04.